The van der Waals surface area contributed by atoms with Crippen molar-refractivity contribution in [3.8, 4) is 0 Å². The van der Waals surface area contributed by atoms with Crippen LogP contribution in [-0.4, -0.2) is 24.6 Å². The summed E-state index contributed by atoms with van der Waals surface area (Å²) in [5, 5.41) is 6.55. The fourth-order valence-electron chi connectivity index (χ4n) is 1.34. The number of hydrogen-bond donors (Lipinski definition) is 3. The van der Waals surface area contributed by atoms with E-state index in [9.17, 15) is 0 Å². The number of nitrogens with two attached hydrogens (primary N) is 1. The number of pyridine rings is 1. The Bertz CT molecular complexity index is 393. The largest absolute Gasteiger partial charge is 0.404 e. The average Bonchev–Trinajstić information content (AvgIpc) is 2.39. The lowest BCUT2D eigenvalue weighted by molar-refractivity contribution is 0.768. The van der Waals surface area contributed by atoms with Gasteiger partial charge in [-0.2, -0.15) is 0 Å². The molecule has 0 amide bonds. The average molecular weight is 246 g/mol. The van der Waals surface area contributed by atoms with E-state index in [2.05, 4.69) is 21.7 Å². The zero-order valence-corrected chi connectivity index (χ0v) is 11.1. The van der Waals surface area contributed by atoms with Gasteiger partial charge >= 0.3 is 0 Å². The highest BCUT2D eigenvalue weighted by Crippen LogP contribution is 2.02. The molecule has 4 nitrogen and oxygen atoms in total. The monoisotopic (exact) mass is 246 g/mol. The lowest BCUT2D eigenvalue weighted by Gasteiger charge is -2.05. The molecule has 0 bridgehead atoms. The van der Waals surface area contributed by atoms with Gasteiger partial charge in [0, 0.05) is 25.8 Å². The number of hydrogen-bond acceptors (Lipinski definition) is 4. The molecular weight excluding hydrogens is 224 g/mol. The van der Waals surface area contributed by atoms with E-state index < -0.39 is 0 Å². The first kappa shape index (κ1) is 14.3. The Balaban J connectivity index is 2.09. The smallest absolute Gasteiger partial charge is 0.125 e. The molecule has 0 spiro atoms. The first-order chi connectivity index (χ1) is 8.72. The summed E-state index contributed by atoms with van der Waals surface area (Å²) in [5.74, 6) is 0.917. The number of nitrogens with zero attached hydrogens (tertiary/aromatic N) is 1. The summed E-state index contributed by atoms with van der Waals surface area (Å²) in [6, 6.07) is 4.04. The minimum Gasteiger partial charge on any atom is -0.404 e. The second kappa shape index (κ2) is 8.31. The molecule has 0 saturated heterocycles. The van der Waals surface area contributed by atoms with Crippen LogP contribution in [-0.2, 0) is 0 Å². The topological polar surface area (TPSA) is 63.0 Å². The van der Waals surface area contributed by atoms with Crippen LogP contribution in [0.5, 0.6) is 0 Å². The second-order valence-electron chi connectivity index (χ2n) is 4.16. The summed E-state index contributed by atoms with van der Waals surface area (Å²) in [4.78, 5) is 4.27. The Morgan fingerprint density at radius 1 is 1.39 bits per heavy atom. The maximum Gasteiger partial charge on any atom is 0.125 e. The normalized spacial score (nSPS) is 12.0. The third kappa shape index (κ3) is 6.06. The molecule has 1 aromatic heterocycles. The van der Waals surface area contributed by atoms with Crippen molar-refractivity contribution in [3.05, 3.63) is 47.8 Å². The summed E-state index contributed by atoms with van der Waals surface area (Å²) in [6.45, 7) is 6.60. The zero-order valence-electron chi connectivity index (χ0n) is 11.1. The van der Waals surface area contributed by atoms with Crippen molar-refractivity contribution in [1.29, 1.82) is 0 Å². The van der Waals surface area contributed by atoms with E-state index in [0.717, 1.165) is 31.0 Å². The maximum atomic E-state index is 5.36. The quantitative estimate of drug-likeness (QED) is 0.507. The molecule has 0 unspecified atom stereocenters. The van der Waals surface area contributed by atoms with E-state index in [1.807, 2.05) is 38.3 Å². The minimum atomic E-state index is 0.841. The molecule has 0 aromatic carbocycles. The van der Waals surface area contributed by atoms with E-state index in [1.165, 1.54) is 5.56 Å². The number of anilines is 1. The third-order valence-corrected chi connectivity index (χ3v) is 2.43. The van der Waals surface area contributed by atoms with Crippen LogP contribution >= 0.6 is 0 Å². The van der Waals surface area contributed by atoms with Gasteiger partial charge in [0.25, 0.3) is 0 Å². The van der Waals surface area contributed by atoms with Crippen molar-refractivity contribution in [3.63, 3.8) is 0 Å². The highest BCUT2D eigenvalue weighted by molar-refractivity contribution is 5.34. The summed E-state index contributed by atoms with van der Waals surface area (Å²) in [5.41, 5.74) is 7.60. The van der Waals surface area contributed by atoms with Crippen LogP contribution in [0.25, 0.3) is 0 Å². The lowest BCUT2D eigenvalue weighted by Crippen LogP contribution is -2.22. The van der Waals surface area contributed by atoms with Crippen LogP contribution in [0.2, 0.25) is 0 Å². The van der Waals surface area contributed by atoms with Crippen molar-refractivity contribution >= 4 is 5.82 Å². The first-order valence-corrected chi connectivity index (χ1v) is 6.14. The molecule has 1 rings (SSSR count). The summed E-state index contributed by atoms with van der Waals surface area (Å²) < 4.78 is 0. The SMILES string of the molecule is CC(/C=C\CNCCNc1ccc(C)cn1)=C/N. The number of aromatic nitrogens is 1. The van der Waals surface area contributed by atoms with E-state index in [-0.39, 0.29) is 0 Å². The molecule has 4 heteroatoms. The summed E-state index contributed by atoms with van der Waals surface area (Å²) in [6.07, 6.45) is 7.52. The Morgan fingerprint density at radius 2 is 2.22 bits per heavy atom. The zero-order chi connectivity index (χ0) is 13.2. The predicted octanol–water partition coefficient (Wildman–Crippen LogP) is 1.81. The van der Waals surface area contributed by atoms with Crippen molar-refractivity contribution in [2.75, 3.05) is 25.0 Å². The lowest BCUT2D eigenvalue weighted by atomic mass is 10.3. The molecular formula is C14H22N4. The molecule has 0 saturated carbocycles. The van der Waals surface area contributed by atoms with Crippen LogP contribution in [0.1, 0.15) is 12.5 Å². The number of rotatable bonds is 7. The number of allylic oxidation sites excluding steroid dienone is 2. The maximum absolute atomic E-state index is 5.36. The van der Waals surface area contributed by atoms with E-state index in [4.69, 9.17) is 5.73 Å². The van der Waals surface area contributed by atoms with Crippen molar-refractivity contribution in [1.82, 2.24) is 10.3 Å². The fraction of sp³-hybridized carbons (Fsp3) is 0.357. The molecule has 98 valence electrons. The molecule has 1 aromatic rings. The van der Waals surface area contributed by atoms with Crippen LogP contribution in [0.15, 0.2) is 42.3 Å². The Hall–Kier alpha value is -1.81. The van der Waals surface area contributed by atoms with Gasteiger partial charge in [-0.3, -0.25) is 0 Å². The van der Waals surface area contributed by atoms with Gasteiger partial charge in [-0.05, 0) is 37.3 Å². The standard InChI is InChI=1S/C14H22N4/c1-12(10-15)4-3-7-16-8-9-17-14-6-5-13(2)11-18-14/h3-6,10-11,16H,7-9,15H2,1-2H3,(H,17,18)/b4-3-,12-10-. The van der Waals surface area contributed by atoms with Gasteiger partial charge in [0.2, 0.25) is 0 Å². The molecule has 18 heavy (non-hydrogen) atoms. The van der Waals surface area contributed by atoms with Gasteiger partial charge in [-0.15, -0.1) is 0 Å². The number of nitrogens with one attached hydrogen (secondary N) is 2. The molecule has 0 aliphatic heterocycles. The van der Waals surface area contributed by atoms with E-state index in [1.54, 1.807) is 6.20 Å². The number of aryl methyl sites for hydroxylation is 1. The summed E-state index contributed by atoms with van der Waals surface area (Å²) >= 11 is 0. The minimum absolute atomic E-state index is 0.841. The van der Waals surface area contributed by atoms with Gasteiger partial charge in [-0.1, -0.05) is 18.2 Å². The predicted molar refractivity (Wildman–Crippen MR) is 77.4 cm³/mol. The fourth-order valence-corrected chi connectivity index (χ4v) is 1.34. The van der Waals surface area contributed by atoms with Crippen LogP contribution in [0.3, 0.4) is 0 Å². The molecule has 4 N–H and O–H groups in total. The summed E-state index contributed by atoms with van der Waals surface area (Å²) in [7, 11) is 0. The Kier molecular flexibility index (Phi) is 6.58. The Labute approximate surface area is 109 Å². The molecule has 0 fully saturated rings. The highest BCUT2D eigenvalue weighted by Gasteiger charge is 1.91. The van der Waals surface area contributed by atoms with Crippen LogP contribution in [0, 0.1) is 6.92 Å². The van der Waals surface area contributed by atoms with Crippen molar-refractivity contribution in [2.45, 2.75) is 13.8 Å². The van der Waals surface area contributed by atoms with Crippen LogP contribution in [0.4, 0.5) is 5.82 Å². The molecule has 0 aliphatic carbocycles. The van der Waals surface area contributed by atoms with Crippen LogP contribution < -0.4 is 16.4 Å². The van der Waals surface area contributed by atoms with Gasteiger partial charge in [0.05, 0.1) is 0 Å². The van der Waals surface area contributed by atoms with Crippen molar-refractivity contribution < 1.29 is 0 Å². The first-order valence-electron chi connectivity index (χ1n) is 6.14. The van der Waals surface area contributed by atoms with E-state index >= 15 is 0 Å². The molecule has 0 aliphatic rings. The molecule has 1 heterocycles. The Morgan fingerprint density at radius 3 is 2.89 bits per heavy atom. The molecule has 0 atom stereocenters. The highest BCUT2D eigenvalue weighted by atomic mass is 15.0. The molecule has 0 radical (unpaired) electrons. The van der Waals surface area contributed by atoms with Gasteiger partial charge in [-0.25, -0.2) is 4.98 Å². The van der Waals surface area contributed by atoms with E-state index in [0.29, 0.717) is 0 Å². The second-order valence-corrected chi connectivity index (χ2v) is 4.16. The van der Waals surface area contributed by atoms with Crippen molar-refractivity contribution in [2.24, 2.45) is 5.73 Å². The van der Waals surface area contributed by atoms with Gasteiger partial charge < -0.3 is 16.4 Å². The third-order valence-electron chi connectivity index (χ3n) is 2.43. The van der Waals surface area contributed by atoms with Gasteiger partial charge in [0.15, 0.2) is 0 Å². The van der Waals surface area contributed by atoms with Gasteiger partial charge in [0.1, 0.15) is 5.82 Å².